The third-order valence-electron chi connectivity index (χ3n) is 2.82. The molecule has 0 fully saturated rings. The zero-order chi connectivity index (χ0) is 14.0. The highest BCUT2D eigenvalue weighted by molar-refractivity contribution is 5.90. The molecule has 0 heterocycles. The highest BCUT2D eigenvalue weighted by Crippen LogP contribution is 2.28. The Labute approximate surface area is 110 Å². The second kappa shape index (κ2) is 5.10. The van der Waals surface area contributed by atoms with Crippen LogP contribution < -0.4 is 4.74 Å². The first-order valence-electron chi connectivity index (χ1n) is 5.70. The van der Waals surface area contributed by atoms with Gasteiger partial charge in [0, 0.05) is 5.56 Å². The molecule has 0 aliphatic heterocycles. The van der Waals surface area contributed by atoms with Crippen LogP contribution in [0, 0.1) is 12.7 Å². The predicted molar refractivity (Wildman–Crippen MR) is 70.1 cm³/mol. The molecule has 0 unspecified atom stereocenters. The molecule has 0 aliphatic carbocycles. The number of halogens is 1. The Kier molecular flexibility index (Phi) is 3.51. The Hall–Kier alpha value is -2.36. The number of carboxylic acid groups (broad SMARTS) is 1. The van der Waals surface area contributed by atoms with E-state index >= 15 is 0 Å². The second-order valence-corrected chi connectivity index (χ2v) is 4.24. The van der Waals surface area contributed by atoms with E-state index in [2.05, 4.69) is 0 Å². The third-order valence-corrected chi connectivity index (χ3v) is 2.82. The number of methoxy groups -OCH3 is 1. The summed E-state index contributed by atoms with van der Waals surface area (Å²) < 4.78 is 18.9. The van der Waals surface area contributed by atoms with Gasteiger partial charge in [0.15, 0.2) is 0 Å². The van der Waals surface area contributed by atoms with Gasteiger partial charge in [0.2, 0.25) is 0 Å². The van der Waals surface area contributed by atoms with Gasteiger partial charge in [-0.2, -0.15) is 0 Å². The Balaban J connectivity index is 2.64. The van der Waals surface area contributed by atoms with Crippen molar-refractivity contribution in [3.63, 3.8) is 0 Å². The fraction of sp³-hybridized carbons (Fsp3) is 0.133. The van der Waals surface area contributed by atoms with Gasteiger partial charge in [-0.3, -0.25) is 0 Å². The molecule has 0 atom stereocenters. The number of benzene rings is 2. The first-order chi connectivity index (χ1) is 9.01. The molecule has 0 amide bonds. The average Bonchev–Trinajstić information content (AvgIpc) is 2.40. The van der Waals surface area contributed by atoms with Gasteiger partial charge in [-0.15, -0.1) is 0 Å². The molecule has 19 heavy (non-hydrogen) atoms. The minimum absolute atomic E-state index is 0.0651. The standard InChI is InChI=1S/C15H13FO3/c1-9-3-4-14(16)13(5-9)10-6-11(15(17)18)8-12(7-10)19-2/h3-8H,1-2H3,(H,17,18). The summed E-state index contributed by atoms with van der Waals surface area (Å²) in [4.78, 5) is 11.1. The summed E-state index contributed by atoms with van der Waals surface area (Å²) >= 11 is 0. The van der Waals surface area contributed by atoms with Crippen LogP contribution in [0.3, 0.4) is 0 Å². The molecule has 3 nitrogen and oxygen atoms in total. The van der Waals surface area contributed by atoms with E-state index in [0.29, 0.717) is 16.9 Å². The SMILES string of the molecule is COc1cc(C(=O)O)cc(-c2cc(C)ccc2F)c1. The molecule has 4 heteroatoms. The normalized spacial score (nSPS) is 10.3. The van der Waals surface area contributed by atoms with Crippen molar-refractivity contribution in [1.82, 2.24) is 0 Å². The molecule has 1 N–H and O–H groups in total. The molecular formula is C15H13FO3. The monoisotopic (exact) mass is 260 g/mol. The number of hydrogen-bond acceptors (Lipinski definition) is 2. The van der Waals surface area contributed by atoms with Crippen molar-refractivity contribution < 1.29 is 19.0 Å². The fourth-order valence-electron chi connectivity index (χ4n) is 1.86. The Morgan fingerprint density at radius 3 is 2.58 bits per heavy atom. The summed E-state index contributed by atoms with van der Waals surface area (Å²) in [6.45, 7) is 1.85. The van der Waals surface area contributed by atoms with E-state index < -0.39 is 11.8 Å². The Bertz CT molecular complexity index is 635. The first kappa shape index (κ1) is 13.1. The van der Waals surface area contributed by atoms with Gasteiger partial charge in [0.25, 0.3) is 0 Å². The van der Waals surface area contributed by atoms with Gasteiger partial charge in [0.05, 0.1) is 12.7 Å². The zero-order valence-electron chi connectivity index (χ0n) is 10.6. The Morgan fingerprint density at radius 2 is 1.95 bits per heavy atom. The van der Waals surface area contributed by atoms with Crippen LogP contribution in [0.5, 0.6) is 5.75 Å². The van der Waals surface area contributed by atoms with Crippen molar-refractivity contribution in [1.29, 1.82) is 0 Å². The number of aromatic carboxylic acids is 1. The van der Waals surface area contributed by atoms with E-state index in [0.717, 1.165) is 5.56 Å². The number of hydrogen-bond donors (Lipinski definition) is 1. The predicted octanol–water partition coefficient (Wildman–Crippen LogP) is 3.51. The molecule has 0 spiro atoms. The highest BCUT2D eigenvalue weighted by atomic mass is 19.1. The minimum Gasteiger partial charge on any atom is -0.497 e. The van der Waals surface area contributed by atoms with Crippen molar-refractivity contribution in [2.75, 3.05) is 7.11 Å². The van der Waals surface area contributed by atoms with E-state index in [1.54, 1.807) is 18.2 Å². The molecule has 0 saturated carbocycles. The van der Waals surface area contributed by atoms with E-state index in [9.17, 15) is 9.18 Å². The van der Waals surface area contributed by atoms with Crippen molar-refractivity contribution >= 4 is 5.97 Å². The molecular weight excluding hydrogens is 247 g/mol. The van der Waals surface area contributed by atoms with Crippen LogP contribution in [0.15, 0.2) is 36.4 Å². The average molecular weight is 260 g/mol. The lowest BCUT2D eigenvalue weighted by Crippen LogP contribution is -1.98. The minimum atomic E-state index is -1.08. The number of carbonyl (C=O) groups is 1. The molecule has 98 valence electrons. The molecule has 2 aromatic rings. The van der Waals surface area contributed by atoms with Gasteiger partial charge in [0.1, 0.15) is 11.6 Å². The lowest BCUT2D eigenvalue weighted by molar-refractivity contribution is 0.0696. The largest absolute Gasteiger partial charge is 0.497 e. The van der Waals surface area contributed by atoms with E-state index in [1.807, 2.05) is 6.92 Å². The zero-order valence-corrected chi connectivity index (χ0v) is 10.6. The lowest BCUT2D eigenvalue weighted by atomic mass is 10.0. The quantitative estimate of drug-likeness (QED) is 0.918. The van der Waals surface area contributed by atoms with Crippen LogP contribution in [-0.2, 0) is 0 Å². The topological polar surface area (TPSA) is 46.5 Å². The van der Waals surface area contributed by atoms with Crippen molar-refractivity contribution in [3.8, 4) is 16.9 Å². The van der Waals surface area contributed by atoms with E-state index in [1.165, 1.54) is 25.3 Å². The molecule has 2 aromatic carbocycles. The number of aryl methyl sites for hydroxylation is 1. The van der Waals surface area contributed by atoms with Gasteiger partial charge >= 0.3 is 5.97 Å². The number of ether oxygens (including phenoxy) is 1. The molecule has 0 radical (unpaired) electrons. The van der Waals surface area contributed by atoms with Gasteiger partial charge in [-0.25, -0.2) is 9.18 Å². The van der Waals surface area contributed by atoms with Gasteiger partial charge in [-0.1, -0.05) is 11.6 Å². The van der Waals surface area contributed by atoms with Crippen LogP contribution in [0.25, 0.3) is 11.1 Å². The third kappa shape index (κ3) is 2.73. The smallest absolute Gasteiger partial charge is 0.335 e. The van der Waals surface area contributed by atoms with Crippen molar-refractivity contribution in [2.24, 2.45) is 0 Å². The number of carboxylic acids is 1. The summed E-state index contributed by atoms with van der Waals surface area (Å²) in [6.07, 6.45) is 0. The second-order valence-electron chi connectivity index (χ2n) is 4.24. The maximum absolute atomic E-state index is 13.8. The number of rotatable bonds is 3. The maximum atomic E-state index is 13.8. The van der Waals surface area contributed by atoms with Crippen LogP contribution >= 0.6 is 0 Å². The summed E-state index contributed by atoms with van der Waals surface area (Å²) in [6, 6.07) is 9.16. The van der Waals surface area contributed by atoms with Gasteiger partial charge in [-0.05, 0) is 42.8 Å². The summed E-state index contributed by atoms with van der Waals surface area (Å²) in [5.41, 5.74) is 1.81. The summed E-state index contributed by atoms with van der Waals surface area (Å²) in [5.74, 6) is -1.08. The molecule has 0 aromatic heterocycles. The van der Waals surface area contributed by atoms with Crippen LogP contribution in [0.4, 0.5) is 4.39 Å². The van der Waals surface area contributed by atoms with Crippen LogP contribution in [0.2, 0.25) is 0 Å². The fourth-order valence-corrected chi connectivity index (χ4v) is 1.86. The van der Waals surface area contributed by atoms with Crippen LogP contribution in [0.1, 0.15) is 15.9 Å². The maximum Gasteiger partial charge on any atom is 0.335 e. The van der Waals surface area contributed by atoms with E-state index in [-0.39, 0.29) is 5.56 Å². The van der Waals surface area contributed by atoms with Crippen LogP contribution in [-0.4, -0.2) is 18.2 Å². The summed E-state index contributed by atoms with van der Waals surface area (Å²) in [5, 5.41) is 9.05. The lowest BCUT2D eigenvalue weighted by Gasteiger charge is -2.09. The molecule has 0 aliphatic rings. The van der Waals surface area contributed by atoms with Gasteiger partial charge < -0.3 is 9.84 Å². The molecule has 0 bridgehead atoms. The molecule has 0 saturated heterocycles. The summed E-state index contributed by atoms with van der Waals surface area (Å²) in [7, 11) is 1.44. The first-order valence-corrected chi connectivity index (χ1v) is 5.70. The van der Waals surface area contributed by atoms with Crippen molar-refractivity contribution in [2.45, 2.75) is 6.92 Å². The Morgan fingerprint density at radius 1 is 1.21 bits per heavy atom. The van der Waals surface area contributed by atoms with E-state index in [4.69, 9.17) is 9.84 Å². The highest BCUT2D eigenvalue weighted by Gasteiger charge is 2.11. The van der Waals surface area contributed by atoms with Crippen molar-refractivity contribution in [3.05, 3.63) is 53.3 Å². The molecule has 2 rings (SSSR count).